The first-order valence-electron chi connectivity index (χ1n) is 5.47. The van der Waals surface area contributed by atoms with Gasteiger partial charge in [0.25, 0.3) is 10.0 Å². The summed E-state index contributed by atoms with van der Waals surface area (Å²) in [6.07, 6.45) is 1.12. The molecule has 0 amide bonds. The number of aromatic nitrogens is 2. The van der Waals surface area contributed by atoms with Crippen LogP contribution in [0.2, 0.25) is 15.3 Å². The third kappa shape index (κ3) is 3.32. The minimum Gasteiger partial charge on any atom is -0.397 e. The molecule has 0 aliphatic carbocycles. The number of halogens is 3. The van der Waals surface area contributed by atoms with Gasteiger partial charge in [0.05, 0.1) is 15.6 Å². The lowest BCUT2D eigenvalue weighted by Gasteiger charge is -2.13. The molecule has 21 heavy (non-hydrogen) atoms. The van der Waals surface area contributed by atoms with E-state index < -0.39 is 10.0 Å². The Morgan fingerprint density at radius 3 is 2.29 bits per heavy atom. The third-order valence-electron chi connectivity index (χ3n) is 2.57. The van der Waals surface area contributed by atoms with Gasteiger partial charge in [-0.2, -0.15) is 0 Å². The van der Waals surface area contributed by atoms with Gasteiger partial charge in [0.15, 0.2) is 10.3 Å². The first-order chi connectivity index (χ1) is 9.72. The van der Waals surface area contributed by atoms with Crippen molar-refractivity contribution in [3.05, 3.63) is 39.4 Å². The Morgan fingerprint density at radius 2 is 1.71 bits per heavy atom. The summed E-state index contributed by atoms with van der Waals surface area (Å²) in [5.41, 5.74) is 6.10. The summed E-state index contributed by atoms with van der Waals surface area (Å²) in [5, 5.41) is 0.0434. The molecular weight excluding hydrogens is 359 g/mol. The summed E-state index contributed by atoms with van der Waals surface area (Å²) < 4.78 is 27.1. The van der Waals surface area contributed by atoms with Gasteiger partial charge in [0, 0.05) is 0 Å². The summed E-state index contributed by atoms with van der Waals surface area (Å²) in [6, 6.07) is 2.71. The third-order valence-corrected chi connectivity index (χ3v) is 4.97. The molecule has 0 aliphatic heterocycles. The van der Waals surface area contributed by atoms with Crippen molar-refractivity contribution in [2.75, 3.05) is 10.5 Å². The minimum absolute atomic E-state index is 0.0413. The monoisotopic (exact) mass is 366 g/mol. The normalized spacial score (nSPS) is 11.4. The second-order valence-corrected chi connectivity index (χ2v) is 6.85. The van der Waals surface area contributed by atoms with Crippen LogP contribution in [-0.2, 0) is 10.0 Å². The van der Waals surface area contributed by atoms with Crippen LogP contribution in [0.25, 0.3) is 0 Å². The molecule has 0 saturated carbocycles. The van der Waals surface area contributed by atoms with Gasteiger partial charge in [-0.25, -0.2) is 18.4 Å². The molecular formula is C11H9Cl3N4O2S. The maximum absolute atomic E-state index is 12.4. The smallest absolute Gasteiger partial charge is 0.262 e. The van der Waals surface area contributed by atoms with Crippen LogP contribution in [0.1, 0.15) is 5.56 Å². The van der Waals surface area contributed by atoms with Crippen molar-refractivity contribution < 1.29 is 8.42 Å². The highest BCUT2D eigenvalue weighted by Gasteiger charge is 2.22. The van der Waals surface area contributed by atoms with Crippen LogP contribution in [0.15, 0.2) is 23.4 Å². The number of hydrogen-bond donors (Lipinski definition) is 2. The Hall–Kier alpha value is -1.28. The molecule has 112 valence electrons. The van der Waals surface area contributed by atoms with Crippen molar-refractivity contribution in [2.45, 2.75) is 11.8 Å². The van der Waals surface area contributed by atoms with E-state index in [0.29, 0.717) is 5.56 Å². The van der Waals surface area contributed by atoms with Gasteiger partial charge >= 0.3 is 0 Å². The van der Waals surface area contributed by atoms with Crippen LogP contribution < -0.4 is 10.5 Å². The Morgan fingerprint density at radius 1 is 1.14 bits per heavy atom. The zero-order chi connectivity index (χ0) is 15.8. The topological polar surface area (TPSA) is 98.0 Å². The van der Waals surface area contributed by atoms with Gasteiger partial charge in [-0.15, -0.1) is 0 Å². The van der Waals surface area contributed by atoms with E-state index in [1.54, 1.807) is 6.92 Å². The lowest BCUT2D eigenvalue weighted by atomic mass is 10.2. The summed E-state index contributed by atoms with van der Waals surface area (Å²) in [5.74, 6) is 0. The van der Waals surface area contributed by atoms with Gasteiger partial charge in [-0.05, 0) is 24.6 Å². The van der Waals surface area contributed by atoms with E-state index in [1.807, 2.05) is 0 Å². The first-order valence-corrected chi connectivity index (χ1v) is 8.08. The standard InChI is InChI=1S/C11H9Cl3N4O2S/c1-5-2-6(12)7(15)3-8(5)21(19,20)18-9-10(13)16-4-17-11(9)14/h2-4,18H,15H2,1H3. The molecule has 1 aromatic carbocycles. The number of rotatable bonds is 3. The van der Waals surface area contributed by atoms with Crippen LogP contribution >= 0.6 is 34.8 Å². The van der Waals surface area contributed by atoms with Crippen LogP contribution in [0.4, 0.5) is 11.4 Å². The molecule has 6 nitrogen and oxygen atoms in total. The van der Waals surface area contributed by atoms with Crippen LogP contribution in [0.5, 0.6) is 0 Å². The van der Waals surface area contributed by atoms with Gasteiger partial charge in [-0.3, -0.25) is 4.72 Å². The Bertz CT molecular complexity index is 791. The Balaban J connectivity index is 2.51. The lowest BCUT2D eigenvalue weighted by Crippen LogP contribution is -2.16. The number of benzene rings is 1. The molecule has 0 atom stereocenters. The molecule has 0 fully saturated rings. The fourth-order valence-electron chi connectivity index (χ4n) is 1.58. The molecule has 0 bridgehead atoms. The van der Waals surface area contributed by atoms with E-state index in [2.05, 4.69) is 14.7 Å². The molecule has 3 N–H and O–H groups in total. The average molecular weight is 368 g/mol. The second-order valence-electron chi connectivity index (χ2n) is 4.08. The van der Waals surface area contributed by atoms with Crippen molar-refractivity contribution in [3.8, 4) is 0 Å². The fourth-order valence-corrected chi connectivity index (χ4v) is 3.65. The summed E-state index contributed by atoms with van der Waals surface area (Å²) in [4.78, 5) is 7.30. The van der Waals surface area contributed by atoms with Gasteiger partial charge in [0.2, 0.25) is 0 Å². The number of nitrogens with zero attached hydrogens (tertiary/aromatic N) is 2. The largest absolute Gasteiger partial charge is 0.397 e. The van der Waals surface area contributed by atoms with Gasteiger partial charge in [-0.1, -0.05) is 34.8 Å². The number of nitrogen functional groups attached to an aromatic ring is 1. The van der Waals surface area contributed by atoms with Crippen molar-refractivity contribution >= 4 is 56.2 Å². The molecule has 0 aliphatic rings. The first kappa shape index (κ1) is 16.1. The van der Waals surface area contributed by atoms with Crippen LogP contribution in [0, 0.1) is 6.92 Å². The zero-order valence-electron chi connectivity index (χ0n) is 10.6. The Kier molecular flexibility index (Phi) is 4.48. The van der Waals surface area contributed by atoms with E-state index in [1.165, 1.54) is 12.1 Å². The van der Waals surface area contributed by atoms with E-state index in [4.69, 9.17) is 40.5 Å². The Labute approximate surface area is 136 Å². The maximum Gasteiger partial charge on any atom is 0.262 e. The number of nitrogens with one attached hydrogen (secondary N) is 1. The predicted octanol–water partition coefficient (Wildman–Crippen LogP) is 3.13. The average Bonchev–Trinajstić information content (AvgIpc) is 2.38. The summed E-state index contributed by atoms with van der Waals surface area (Å²) >= 11 is 17.5. The summed E-state index contributed by atoms with van der Waals surface area (Å²) in [7, 11) is -3.97. The van der Waals surface area contributed by atoms with E-state index >= 15 is 0 Å². The highest BCUT2D eigenvalue weighted by Crippen LogP contribution is 2.31. The second kappa shape index (κ2) is 5.84. The molecule has 0 unspecified atom stereocenters. The van der Waals surface area contributed by atoms with Gasteiger partial charge < -0.3 is 5.73 Å². The quantitative estimate of drug-likeness (QED) is 0.641. The summed E-state index contributed by atoms with van der Waals surface area (Å²) in [6.45, 7) is 1.59. The minimum atomic E-state index is -3.97. The number of nitrogens with two attached hydrogens (primary N) is 1. The van der Waals surface area contributed by atoms with Crippen LogP contribution in [0.3, 0.4) is 0 Å². The zero-order valence-corrected chi connectivity index (χ0v) is 13.6. The van der Waals surface area contributed by atoms with E-state index in [0.717, 1.165) is 6.33 Å². The molecule has 1 heterocycles. The number of aryl methyl sites for hydroxylation is 1. The number of sulfonamides is 1. The molecule has 1 aromatic heterocycles. The highest BCUT2D eigenvalue weighted by atomic mass is 35.5. The molecule has 0 saturated heterocycles. The molecule has 0 spiro atoms. The van der Waals surface area contributed by atoms with E-state index in [-0.39, 0.29) is 31.6 Å². The van der Waals surface area contributed by atoms with E-state index in [9.17, 15) is 8.42 Å². The van der Waals surface area contributed by atoms with Crippen molar-refractivity contribution in [1.82, 2.24) is 9.97 Å². The van der Waals surface area contributed by atoms with Gasteiger partial charge in [0.1, 0.15) is 12.0 Å². The molecule has 10 heteroatoms. The van der Waals surface area contributed by atoms with Crippen molar-refractivity contribution in [1.29, 1.82) is 0 Å². The fraction of sp³-hybridized carbons (Fsp3) is 0.0909. The SMILES string of the molecule is Cc1cc(Cl)c(N)cc1S(=O)(=O)Nc1c(Cl)ncnc1Cl. The lowest BCUT2D eigenvalue weighted by molar-refractivity contribution is 0.600. The maximum atomic E-state index is 12.4. The highest BCUT2D eigenvalue weighted by molar-refractivity contribution is 7.92. The molecule has 2 rings (SSSR count). The number of hydrogen-bond acceptors (Lipinski definition) is 5. The predicted molar refractivity (Wildman–Crippen MR) is 83.5 cm³/mol. The molecule has 2 aromatic rings. The van der Waals surface area contributed by atoms with Crippen molar-refractivity contribution in [3.63, 3.8) is 0 Å². The van der Waals surface area contributed by atoms with Crippen LogP contribution in [-0.4, -0.2) is 18.4 Å². The molecule has 0 radical (unpaired) electrons. The van der Waals surface area contributed by atoms with Crippen molar-refractivity contribution in [2.24, 2.45) is 0 Å². The number of anilines is 2.